The molecular weight excluding hydrogens is 407 g/mol. The Labute approximate surface area is 177 Å². The number of fused-ring (bicyclic) bond motifs is 1. The number of carbonyl (C=O) groups excluding carboxylic acids is 1. The van der Waals surface area contributed by atoms with Gasteiger partial charge in [-0.2, -0.15) is 0 Å². The molecule has 0 fully saturated rings. The van der Waals surface area contributed by atoms with Gasteiger partial charge < -0.3 is 10.6 Å². The lowest BCUT2D eigenvalue weighted by atomic mass is 9.80. The molecule has 5 rings (SSSR count). The van der Waals surface area contributed by atoms with E-state index >= 15 is 0 Å². The van der Waals surface area contributed by atoms with Gasteiger partial charge in [-0.3, -0.25) is 4.79 Å². The minimum atomic E-state index is -0.647. The third-order valence-electron chi connectivity index (χ3n) is 5.54. The van der Waals surface area contributed by atoms with Gasteiger partial charge in [0.25, 0.3) is 0 Å². The third kappa shape index (κ3) is 3.24. The molecule has 0 radical (unpaired) electrons. The summed E-state index contributed by atoms with van der Waals surface area (Å²) in [5, 5.41) is 9.17. The highest BCUT2D eigenvalue weighted by Gasteiger charge is 2.37. The van der Waals surface area contributed by atoms with Crippen LogP contribution in [0.4, 0.5) is 15.8 Å². The molecule has 2 aliphatic rings. The van der Waals surface area contributed by atoms with Crippen LogP contribution in [0.25, 0.3) is 0 Å². The first-order chi connectivity index (χ1) is 14.1. The van der Waals surface area contributed by atoms with E-state index in [0.717, 1.165) is 17.1 Å². The Morgan fingerprint density at radius 3 is 2.59 bits per heavy atom. The highest BCUT2D eigenvalue weighted by Crippen LogP contribution is 2.46. The van der Waals surface area contributed by atoms with Crippen LogP contribution in [0.3, 0.4) is 0 Å². The van der Waals surface area contributed by atoms with Crippen LogP contribution in [0.1, 0.15) is 35.2 Å². The minimum absolute atomic E-state index is 0.0155. The summed E-state index contributed by atoms with van der Waals surface area (Å²) in [7, 11) is 0. The van der Waals surface area contributed by atoms with Crippen LogP contribution >= 0.6 is 22.9 Å². The van der Waals surface area contributed by atoms with Crippen molar-refractivity contribution in [3.05, 3.63) is 92.5 Å². The zero-order valence-corrected chi connectivity index (χ0v) is 17.0. The molecule has 0 saturated carbocycles. The molecule has 2 N–H and O–H groups in total. The largest absolute Gasteiger partial charge is 0.372 e. The molecule has 2 aromatic carbocycles. The monoisotopic (exact) mass is 424 g/mol. The quantitative estimate of drug-likeness (QED) is 0.492. The number of hydrogen-bond donors (Lipinski definition) is 2. The van der Waals surface area contributed by atoms with E-state index in [1.165, 1.54) is 10.9 Å². The number of carbonyl (C=O) groups is 1. The maximum atomic E-state index is 14.9. The summed E-state index contributed by atoms with van der Waals surface area (Å²) in [5.74, 6) is -0.285. The predicted octanol–water partition coefficient (Wildman–Crippen LogP) is 6.52. The van der Waals surface area contributed by atoms with Gasteiger partial charge in [0, 0.05) is 39.1 Å². The van der Waals surface area contributed by atoms with Crippen molar-refractivity contribution in [2.24, 2.45) is 0 Å². The number of ketones is 1. The van der Waals surface area contributed by atoms with E-state index in [0.29, 0.717) is 29.0 Å². The first kappa shape index (κ1) is 18.4. The fraction of sp³-hybridized carbons (Fsp3) is 0.174. The third-order valence-corrected chi connectivity index (χ3v) is 6.91. The molecule has 0 saturated heterocycles. The molecule has 3 aromatic rings. The Morgan fingerprint density at radius 1 is 1.00 bits per heavy atom. The summed E-state index contributed by atoms with van der Waals surface area (Å²) >= 11 is 8.06. The molecule has 29 heavy (non-hydrogen) atoms. The van der Waals surface area contributed by atoms with E-state index in [4.69, 9.17) is 11.6 Å². The molecule has 0 amide bonds. The van der Waals surface area contributed by atoms with Gasteiger partial charge in [-0.15, -0.1) is 11.3 Å². The fourth-order valence-corrected chi connectivity index (χ4v) is 5.32. The van der Waals surface area contributed by atoms with Gasteiger partial charge in [0.1, 0.15) is 5.82 Å². The molecule has 0 spiro atoms. The molecule has 2 heterocycles. The highest BCUT2D eigenvalue weighted by molar-refractivity contribution is 7.10. The second-order valence-corrected chi connectivity index (χ2v) is 8.71. The summed E-state index contributed by atoms with van der Waals surface area (Å²) in [6.45, 7) is 0. The lowest BCUT2D eigenvalue weighted by Crippen LogP contribution is -2.27. The summed E-state index contributed by atoms with van der Waals surface area (Å²) in [6, 6.07) is 15.8. The molecule has 1 aliphatic heterocycles. The van der Waals surface area contributed by atoms with Crippen LogP contribution < -0.4 is 10.6 Å². The number of benzene rings is 2. The number of Topliss-reactive ketones (excluding diaryl/α,β-unsaturated/α-hetero) is 1. The normalized spacial score (nSPS) is 21.0. The van der Waals surface area contributed by atoms with Crippen molar-refractivity contribution in [3.8, 4) is 0 Å². The van der Waals surface area contributed by atoms with E-state index in [2.05, 4.69) is 16.7 Å². The Morgan fingerprint density at radius 2 is 1.83 bits per heavy atom. The van der Waals surface area contributed by atoms with Gasteiger partial charge in [-0.05, 0) is 42.1 Å². The van der Waals surface area contributed by atoms with Crippen molar-refractivity contribution in [1.82, 2.24) is 0 Å². The number of allylic oxidation sites excluding steroid dienone is 1. The number of hydrogen-bond acceptors (Lipinski definition) is 4. The molecule has 0 unspecified atom stereocenters. The first-order valence-corrected chi connectivity index (χ1v) is 10.7. The van der Waals surface area contributed by atoms with Crippen molar-refractivity contribution >= 4 is 40.1 Å². The van der Waals surface area contributed by atoms with Crippen molar-refractivity contribution in [1.29, 1.82) is 0 Å². The van der Waals surface area contributed by atoms with Gasteiger partial charge in [0.15, 0.2) is 5.78 Å². The number of thiophene rings is 1. The van der Waals surface area contributed by atoms with Gasteiger partial charge in [-0.1, -0.05) is 35.9 Å². The van der Waals surface area contributed by atoms with Crippen LogP contribution in [-0.4, -0.2) is 5.78 Å². The smallest absolute Gasteiger partial charge is 0.163 e. The standard InChI is InChI=1S/C23H18ClFN2OS/c24-14-5-3-6-15(25)21(14)23-22-18(26-16-7-1-2-8-17(16)27-23)11-13(12-19(22)28)20-9-4-10-29-20/h1-10,13,23,26-27H,11-12H2/t13-,23-/m1/s1. The molecule has 1 aromatic heterocycles. The van der Waals surface area contributed by atoms with Gasteiger partial charge in [-0.25, -0.2) is 4.39 Å². The molecule has 6 heteroatoms. The van der Waals surface area contributed by atoms with Crippen LogP contribution in [0.15, 0.2) is 71.2 Å². The topological polar surface area (TPSA) is 41.1 Å². The van der Waals surface area contributed by atoms with Crippen LogP contribution in [0.2, 0.25) is 5.02 Å². The zero-order chi connectivity index (χ0) is 20.0. The molecule has 2 atom stereocenters. The van der Waals surface area contributed by atoms with Crippen molar-refractivity contribution < 1.29 is 9.18 Å². The SMILES string of the molecule is O=C1C[C@H](c2cccs2)CC2=C1[C@@H](c1c(F)cccc1Cl)Nc1ccccc1N2. The van der Waals surface area contributed by atoms with E-state index in [9.17, 15) is 9.18 Å². The van der Waals surface area contributed by atoms with Gasteiger partial charge in [0.05, 0.1) is 17.4 Å². The Balaban J connectivity index is 1.67. The highest BCUT2D eigenvalue weighted by atomic mass is 35.5. The van der Waals surface area contributed by atoms with Crippen molar-refractivity contribution in [3.63, 3.8) is 0 Å². The minimum Gasteiger partial charge on any atom is -0.372 e. The number of rotatable bonds is 2. The molecule has 146 valence electrons. The second kappa shape index (κ2) is 7.32. The fourth-order valence-electron chi connectivity index (χ4n) is 4.22. The maximum absolute atomic E-state index is 14.9. The van der Waals surface area contributed by atoms with E-state index < -0.39 is 11.9 Å². The summed E-state index contributed by atoms with van der Waals surface area (Å²) in [5.41, 5.74) is 3.40. The van der Waals surface area contributed by atoms with Crippen LogP contribution in [0.5, 0.6) is 0 Å². The summed E-state index contributed by atoms with van der Waals surface area (Å²) < 4.78 is 14.9. The average molecular weight is 425 g/mol. The average Bonchev–Trinajstić information content (AvgIpc) is 3.18. The number of para-hydroxylation sites is 2. The molecular formula is C23H18ClFN2OS. The molecule has 0 bridgehead atoms. The van der Waals surface area contributed by atoms with Crippen molar-refractivity contribution in [2.45, 2.75) is 24.8 Å². The van der Waals surface area contributed by atoms with E-state index in [1.807, 2.05) is 35.7 Å². The van der Waals surface area contributed by atoms with Gasteiger partial charge in [0.2, 0.25) is 0 Å². The maximum Gasteiger partial charge on any atom is 0.163 e. The van der Waals surface area contributed by atoms with Gasteiger partial charge >= 0.3 is 0 Å². The number of nitrogens with one attached hydrogen (secondary N) is 2. The second-order valence-electron chi connectivity index (χ2n) is 7.32. The zero-order valence-electron chi connectivity index (χ0n) is 15.4. The lowest BCUT2D eigenvalue weighted by molar-refractivity contribution is -0.116. The lowest BCUT2D eigenvalue weighted by Gasteiger charge is -2.29. The summed E-state index contributed by atoms with van der Waals surface area (Å²) in [6.07, 6.45) is 1.10. The Bertz CT molecular complexity index is 1110. The Kier molecular flexibility index (Phi) is 4.64. The van der Waals surface area contributed by atoms with Crippen LogP contribution in [-0.2, 0) is 4.79 Å². The summed E-state index contributed by atoms with van der Waals surface area (Å²) in [4.78, 5) is 14.5. The first-order valence-electron chi connectivity index (χ1n) is 9.48. The van der Waals surface area contributed by atoms with E-state index in [1.54, 1.807) is 23.5 Å². The van der Waals surface area contributed by atoms with Crippen molar-refractivity contribution in [2.75, 3.05) is 10.6 Å². The molecule has 1 aliphatic carbocycles. The predicted molar refractivity (Wildman–Crippen MR) is 116 cm³/mol. The molecule has 3 nitrogen and oxygen atoms in total. The van der Waals surface area contributed by atoms with E-state index in [-0.39, 0.29) is 11.7 Å². The van der Waals surface area contributed by atoms with Crippen LogP contribution in [0, 0.1) is 5.82 Å². The Hall–Kier alpha value is -2.63. The number of halogens is 2. The number of anilines is 2.